The topological polar surface area (TPSA) is 28.7 Å². The third-order valence-electron chi connectivity index (χ3n) is 4.28. The highest BCUT2D eigenvalue weighted by Gasteiger charge is 2.30. The van der Waals surface area contributed by atoms with Crippen molar-refractivity contribution in [3.05, 3.63) is 17.0 Å². The van der Waals surface area contributed by atoms with Gasteiger partial charge in [-0.3, -0.25) is 5.10 Å². The summed E-state index contributed by atoms with van der Waals surface area (Å²) in [5.41, 5.74) is 4.21. The second kappa shape index (κ2) is 4.40. The zero-order chi connectivity index (χ0) is 11.0. The van der Waals surface area contributed by atoms with Crippen LogP contribution in [0, 0.1) is 0 Å². The Hall–Kier alpha value is -0.500. The molecule has 2 aliphatic carbocycles. The van der Waals surface area contributed by atoms with Crippen LogP contribution in [0.2, 0.25) is 0 Å². The third kappa shape index (κ3) is 1.67. The summed E-state index contributed by atoms with van der Waals surface area (Å²) < 4.78 is 0. The van der Waals surface area contributed by atoms with Crippen molar-refractivity contribution in [3.63, 3.8) is 0 Å². The summed E-state index contributed by atoms with van der Waals surface area (Å²) in [5.74, 6) is 2.20. The van der Waals surface area contributed by atoms with Gasteiger partial charge in [0.15, 0.2) is 0 Å². The second-order valence-corrected chi connectivity index (χ2v) is 5.57. The van der Waals surface area contributed by atoms with Crippen LogP contribution in [0.4, 0.5) is 0 Å². The number of aromatic amines is 1. The van der Waals surface area contributed by atoms with Gasteiger partial charge in [0.1, 0.15) is 0 Å². The largest absolute Gasteiger partial charge is 0.282 e. The number of hydrogen-bond donors (Lipinski definition) is 1. The monoisotopic (exact) mass is 238 g/mol. The Kier molecular flexibility index (Phi) is 2.93. The van der Waals surface area contributed by atoms with E-state index in [1.165, 1.54) is 55.5 Å². The Labute approximate surface area is 102 Å². The summed E-state index contributed by atoms with van der Waals surface area (Å²) in [6.07, 6.45) is 9.06. The molecule has 0 saturated heterocycles. The van der Waals surface area contributed by atoms with Gasteiger partial charge in [-0.05, 0) is 37.7 Å². The van der Waals surface area contributed by atoms with Crippen LogP contribution in [0.25, 0.3) is 0 Å². The van der Waals surface area contributed by atoms with E-state index in [1.54, 1.807) is 0 Å². The summed E-state index contributed by atoms with van der Waals surface area (Å²) in [6.45, 7) is 0. The van der Waals surface area contributed by atoms with E-state index in [1.807, 2.05) is 0 Å². The molecule has 0 unspecified atom stereocenters. The van der Waals surface area contributed by atoms with Crippen molar-refractivity contribution in [1.29, 1.82) is 0 Å². The van der Waals surface area contributed by atoms with Gasteiger partial charge < -0.3 is 0 Å². The van der Waals surface area contributed by atoms with Gasteiger partial charge in [0.05, 0.1) is 5.69 Å². The van der Waals surface area contributed by atoms with Gasteiger partial charge in [0, 0.05) is 23.4 Å². The lowest BCUT2D eigenvalue weighted by molar-refractivity contribution is 0.405. The van der Waals surface area contributed by atoms with Crippen molar-refractivity contribution < 1.29 is 0 Å². The quantitative estimate of drug-likeness (QED) is 0.796. The summed E-state index contributed by atoms with van der Waals surface area (Å²) in [6, 6.07) is 0. The van der Waals surface area contributed by atoms with Crippen LogP contribution >= 0.6 is 11.6 Å². The minimum absolute atomic E-state index is 0.721. The van der Waals surface area contributed by atoms with Gasteiger partial charge in [-0.2, -0.15) is 5.10 Å². The lowest BCUT2D eigenvalue weighted by atomic mass is 9.77. The molecule has 88 valence electrons. The van der Waals surface area contributed by atoms with Crippen molar-refractivity contribution in [3.8, 4) is 0 Å². The smallest absolute Gasteiger partial charge is 0.0688 e. The lowest BCUT2D eigenvalue weighted by Crippen LogP contribution is -2.14. The van der Waals surface area contributed by atoms with E-state index in [0.29, 0.717) is 0 Å². The highest BCUT2D eigenvalue weighted by molar-refractivity contribution is 6.18. The Bertz CT molecular complexity index is 333. The van der Waals surface area contributed by atoms with Gasteiger partial charge in [-0.1, -0.05) is 12.8 Å². The van der Waals surface area contributed by atoms with E-state index >= 15 is 0 Å². The number of nitrogens with one attached hydrogen (secondary N) is 1. The summed E-state index contributed by atoms with van der Waals surface area (Å²) in [7, 11) is 0. The minimum Gasteiger partial charge on any atom is -0.282 e. The van der Waals surface area contributed by atoms with Crippen LogP contribution in [-0.2, 0) is 6.42 Å². The first-order chi connectivity index (χ1) is 7.90. The van der Waals surface area contributed by atoms with Crippen LogP contribution in [0.15, 0.2) is 0 Å². The van der Waals surface area contributed by atoms with E-state index in [2.05, 4.69) is 10.2 Å². The number of aromatic nitrogens is 2. The fourth-order valence-electron chi connectivity index (χ4n) is 2.80. The molecule has 0 bridgehead atoms. The molecular formula is C13H19ClN2. The Morgan fingerprint density at radius 3 is 2.31 bits per heavy atom. The SMILES string of the molecule is ClCCc1c(C2CCC2)n[nH]c1C1CCC1. The van der Waals surface area contributed by atoms with Gasteiger partial charge >= 0.3 is 0 Å². The summed E-state index contributed by atoms with van der Waals surface area (Å²) in [4.78, 5) is 0. The maximum Gasteiger partial charge on any atom is 0.0688 e. The molecular weight excluding hydrogens is 220 g/mol. The van der Waals surface area contributed by atoms with Crippen LogP contribution in [0.1, 0.15) is 67.3 Å². The number of rotatable bonds is 4. The van der Waals surface area contributed by atoms with E-state index in [-0.39, 0.29) is 0 Å². The first kappa shape index (κ1) is 10.6. The van der Waals surface area contributed by atoms with Gasteiger partial charge in [-0.25, -0.2) is 0 Å². The van der Waals surface area contributed by atoms with Crippen molar-refractivity contribution >= 4 is 11.6 Å². The molecule has 2 nitrogen and oxygen atoms in total. The first-order valence-corrected chi connectivity index (χ1v) is 7.06. The van der Waals surface area contributed by atoms with E-state index in [0.717, 1.165) is 24.1 Å². The van der Waals surface area contributed by atoms with Crippen LogP contribution in [0.3, 0.4) is 0 Å². The number of nitrogens with zero attached hydrogens (tertiary/aromatic N) is 1. The molecule has 2 aliphatic rings. The minimum atomic E-state index is 0.721. The molecule has 3 heteroatoms. The van der Waals surface area contributed by atoms with E-state index in [4.69, 9.17) is 11.6 Å². The number of hydrogen-bond acceptors (Lipinski definition) is 1. The molecule has 0 atom stereocenters. The van der Waals surface area contributed by atoms with Crippen LogP contribution < -0.4 is 0 Å². The Morgan fingerprint density at radius 2 is 1.81 bits per heavy atom. The summed E-state index contributed by atoms with van der Waals surface area (Å²) in [5, 5.41) is 7.88. The normalized spacial score (nSPS) is 21.8. The van der Waals surface area contributed by atoms with Crippen molar-refractivity contribution in [1.82, 2.24) is 10.2 Å². The van der Waals surface area contributed by atoms with Gasteiger partial charge in [0.25, 0.3) is 0 Å². The predicted octanol–water partition coefficient (Wildman–Crippen LogP) is 3.73. The van der Waals surface area contributed by atoms with Gasteiger partial charge in [-0.15, -0.1) is 11.6 Å². The van der Waals surface area contributed by atoms with Crippen LogP contribution in [-0.4, -0.2) is 16.1 Å². The maximum absolute atomic E-state index is 5.93. The molecule has 1 N–H and O–H groups in total. The molecule has 1 aromatic rings. The van der Waals surface area contributed by atoms with Crippen molar-refractivity contribution in [2.45, 2.75) is 56.8 Å². The van der Waals surface area contributed by atoms with Crippen molar-refractivity contribution in [2.24, 2.45) is 0 Å². The maximum atomic E-state index is 5.93. The third-order valence-corrected chi connectivity index (χ3v) is 4.47. The number of halogens is 1. The molecule has 3 rings (SSSR count). The zero-order valence-electron chi connectivity index (χ0n) is 9.64. The molecule has 1 aromatic heterocycles. The van der Waals surface area contributed by atoms with E-state index in [9.17, 15) is 0 Å². The second-order valence-electron chi connectivity index (χ2n) is 5.20. The van der Waals surface area contributed by atoms with Crippen LogP contribution in [0.5, 0.6) is 0 Å². The molecule has 0 aromatic carbocycles. The molecule has 1 heterocycles. The highest BCUT2D eigenvalue weighted by atomic mass is 35.5. The summed E-state index contributed by atoms with van der Waals surface area (Å²) >= 11 is 5.93. The number of alkyl halides is 1. The fraction of sp³-hybridized carbons (Fsp3) is 0.769. The lowest BCUT2D eigenvalue weighted by Gasteiger charge is -2.27. The molecule has 16 heavy (non-hydrogen) atoms. The Balaban J connectivity index is 1.88. The molecule has 2 saturated carbocycles. The average Bonchev–Trinajstić information content (AvgIpc) is 2.46. The molecule has 0 amide bonds. The molecule has 0 aliphatic heterocycles. The zero-order valence-corrected chi connectivity index (χ0v) is 10.4. The first-order valence-electron chi connectivity index (χ1n) is 6.53. The molecule has 2 fully saturated rings. The number of H-pyrrole nitrogens is 1. The molecule has 0 radical (unpaired) electrons. The predicted molar refractivity (Wildman–Crippen MR) is 66.2 cm³/mol. The van der Waals surface area contributed by atoms with Gasteiger partial charge in [0.2, 0.25) is 0 Å². The average molecular weight is 239 g/mol. The Morgan fingerprint density at radius 1 is 1.12 bits per heavy atom. The standard InChI is InChI=1S/C13H19ClN2/c14-8-7-11-12(9-3-1-4-9)15-16-13(11)10-5-2-6-10/h9-10H,1-8H2,(H,15,16). The molecule has 0 spiro atoms. The highest BCUT2D eigenvalue weighted by Crippen LogP contribution is 2.42. The van der Waals surface area contributed by atoms with Crippen molar-refractivity contribution in [2.75, 3.05) is 5.88 Å². The fourth-order valence-corrected chi connectivity index (χ4v) is 2.99. The van der Waals surface area contributed by atoms with E-state index < -0.39 is 0 Å².